The zero-order valence-electron chi connectivity index (χ0n) is 14.7. The summed E-state index contributed by atoms with van der Waals surface area (Å²) in [5.41, 5.74) is 0.860. The van der Waals surface area contributed by atoms with Crippen LogP contribution in [0.1, 0.15) is 35.2 Å². The SMILES string of the molecule is O=C(Nc1cscc1C(F)F)c1csc2ncc(N3C[C@H]4CC[C@@H]3CN4)nc12. The number of anilines is 2. The van der Waals surface area contributed by atoms with Gasteiger partial charge in [-0.05, 0) is 12.8 Å². The number of nitrogens with one attached hydrogen (secondary N) is 2. The molecule has 2 atom stereocenters. The first-order chi connectivity index (χ1) is 13.6. The highest BCUT2D eigenvalue weighted by Crippen LogP contribution is 2.33. The van der Waals surface area contributed by atoms with E-state index in [4.69, 9.17) is 4.98 Å². The molecular weight excluding hydrogens is 404 g/mol. The monoisotopic (exact) mass is 421 g/mol. The van der Waals surface area contributed by atoms with Crippen molar-refractivity contribution in [3.8, 4) is 0 Å². The van der Waals surface area contributed by atoms with Crippen LogP contribution in [0.15, 0.2) is 22.3 Å². The Balaban J connectivity index is 1.45. The zero-order valence-corrected chi connectivity index (χ0v) is 16.3. The Bertz CT molecular complexity index is 1030. The minimum atomic E-state index is -2.63. The number of halogens is 2. The molecule has 2 bridgehead atoms. The standard InChI is InChI=1S/C18H17F2N5OS2/c19-16(20)11-6-27-8-13(11)23-17(26)12-7-28-18-15(12)24-14(4-22-18)25-5-9-1-2-10(25)3-21-9/h4,6-10,16,21H,1-3,5H2,(H,23,26)/t9-,10-/m1/s1. The molecule has 6 nitrogen and oxygen atoms in total. The Labute approximate surface area is 167 Å². The normalized spacial score (nSPS) is 21.6. The first-order valence-electron chi connectivity index (χ1n) is 9.00. The number of hydrogen-bond acceptors (Lipinski definition) is 7. The van der Waals surface area contributed by atoms with Crippen LogP contribution < -0.4 is 15.5 Å². The fourth-order valence-corrected chi connectivity index (χ4v) is 5.46. The largest absolute Gasteiger partial charge is 0.349 e. The fourth-order valence-electron chi connectivity index (χ4n) is 3.86. The van der Waals surface area contributed by atoms with Gasteiger partial charge in [0.05, 0.1) is 23.0 Å². The average Bonchev–Trinajstić information content (AvgIpc) is 3.35. The lowest BCUT2D eigenvalue weighted by Crippen LogP contribution is -2.61. The molecule has 1 amide bonds. The Kier molecular flexibility index (Phi) is 4.48. The maximum atomic E-state index is 13.1. The third-order valence-electron chi connectivity index (χ3n) is 5.33. The maximum Gasteiger partial charge on any atom is 0.266 e. The van der Waals surface area contributed by atoms with Crippen molar-refractivity contribution in [3.63, 3.8) is 0 Å². The van der Waals surface area contributed by atoms with E-state index in [0.717, 1.165) is 43.1 Å². The number of piperidine rings is 2. The molecule has 0 radical (unpaired) electrons. The lowest BCUT2D eigenvalue weighted by molar-refractivity contribution is 0.102. The molecule has 6 rings (SSSR count). The Hall–Kier alpha value is -2.17. The molecule has 10 heteroatoms. The Morgan fingerprint density at radius 3 is 2.93 bits per heavy atom. The smallest absolute Gasteiger partial charge is 0.266 e. The summed E-state index contributed by atoms with van der Waals surface area (Å²) in [5.74, 6) is 0.319. The van der Waals surface area contributed by atoms with Crippen LogP contribution in [0.25, 0.3) is 10.3 Å². The summed E-state index contributed by atoms with van der Waals surface area (Å²) in [7, 11) is 0. The van der Waals surface area contributed by atoms with Crippen LogP contribution in [0.5, 0.6) is 0 Å². The number of carbonyl (C=O) groups excluding carboxylic acids is 1. The van der Waals surface area contributed by atoms with E-state index < -0.39 is 12.3 Å². The summed E-state index contributed by atoms with van der Waals surface area (Å²) in [5, 5.41) is 10.7. The van der Waals surface area contributed by atoms with Gasteiger partial charge in [0.2, 0.25) is 0 Å². The predicted octanol–water partition coefficient (Wildman–Crippen LogP) is 3.88. The third-order valence-corrected chi connectivity index (χ3v) is 6.97. The fraction of sp³-hybridized carbons (Fsp3) is 0.389. The highest BCUT2D eigenvalue weighted by molar-refractivity contribution is 7.17. The minimum absolute atomic E-state index is 0.146. The molecule has 3 saturated heterocycles. The third kappa shape index (κ3) is 3.05. The van der Waals surface area contributed by atoms with Gasteiger partial charge < -0.3 is 15.5 Å². The van der Waals surface area contributed by atoms with Crippen LogP contribution >= 0.6 is 22.7 Å². The molecule has 3 aromatic heterocycles. The van der Waals surface area contributed by atoms with Gasteiger partial charge in [-0.2, -0.15) is 0 Å². The molecule has 28 heavy (non-hydrogen) atoms. The number of aromatic nitrogens is 2. The molecule has 3 aliphatic heterocycles. The number of amides is 1. The second-order valence-electron chi connectivity index (χ2n) is 7.02. The highest BCUT2D eigenvalue weighted by atomic mass is 32.1. The second-order valence-corrected chi connectivity index (χ2v) is 8.62. The molecule has 0 aromatic carbocycles. The van der Waals surface area contributed by atoms with E-state index in [9.17, 15) is 13.6 Å². The molecule has 0 aliphatic carbocycles. The zero-order chi connectivity index (χ0) is 19.3. The molecule has 0 saturated carbocycles. The number of piperazine rings is 1. The molecular formula is C18H17F2N5OS2. The Morgan fingerprint density at radius 2 is 2.21 bits per heavy atom. The van der Waals surface area contributed by atoms with E-state index in [1.807, 2.05) is 0 Å². The number of carbonyl (C=O) groups is 1. The van der Waals surface area contributed by atoms with Crippen LogP contribution in [0, 0.1) is 0 Å². The van der Waals surface area contributed by atoms with Gasteiger partial charge in [0.1, 0.15) is 16.2 Å². The first kappa shape index (κ1) is 17.9. The average molecular weight is 421 g/mol. The van der Waals surface area contributed by atoms with E-state index in [1.54, 1.807) is 11.6 Å². The van der Waals surface area contributed by atoms with Crippen molar-refractivity contribution >= 4 is 50.4 Å². The predicted molar refractivity (Wildman–Crippen MR) is 107 cm³/mol. The summed E-state index contributed by atoms with van der Waals surface area (Å²) in [6.45, 7) is 1.80. The van der Waals surface area contributed by atoms with Gasteiger partial charge in [-0.1, -0.05) is 0 Å². The molecule has 0 unspecified atom stereocenters. The summed E-state index contributed by atoms with van der Waals surface area (Å²) in [6.07, 6.45) is 1.41. The van der Waals surface area contributed by atoms with Gasteiger partial charge in [0, 0.05) is 41.3 Å². The number of fused-ring (bicyclic) bond motifs is 4. The summed E-state index contributed by atoms with van der Waals surface area (Å²) >= 11 is 2.46. The van der Waals surface area contributed by atoms with E-state index >= 15 is 0 Å². The van der Waals surface area contributed by atoms with Crippen LogP contribution in [0.3, 0.4) is 0 Å². The van der Waals surface area contributed by atoms with Crippen LogP contribution in [-0.4, -0.2) is 41.0 Å². The molecule has 3 fully saturated rings. The number of rotatable bonds is 4. The van der Waals surface area contributed by atoms with Crippen molar-refractivity contribution < 1.29 is 13.6 Å². The van der Waals surface area contributed by atoms with E-state index in [0.29, 0.717) is 28.0 Å². The van der Waals surface area contributed by atoms with Gasteiger partial charge in [0.25, 0.3) is 12.3 Å². The van der Waals surface area contributed by atoms with Crippen molar-refractivity contribution in [2.24, 2.45) is 0 Å². The van der Waals surface area contributed by atoms with Crippen molar-refractivity contribution in [1.82, 2.24) is 15.3 Å². The highest BCUT2D eigenvalue weighted by Gasteiger charge is 2.34. The van der Waals surface area contributed by atoms with Gasteiger partial charge in [-0.3, -0.25) is 4.79 Å². The molecule has 0 spiro atoms. The molecule has 146 valence electrons. The first-order valence-corrected chi connectivity index (χ1v) is 10.8. The van der Waals surface area contributed by atoms with E-state index in [1.165, 1.54) is 22.1 Å². The van der Waals surface area contributed by atoms with Crippen molar-refractivity contribution in [1.29, 1.82) is 0 Å². The quantitative estimate of drug-likeness (QED) is 0.669. The number of hydrogen-bond donors (Lipinski definition) is 2. The Morgan fingerprint density at radius 1 is 1.32 bits per heavy atom. The van der Waals surface area contributed by atoms with Gasteiger partial charge in [0.15, 0.2) is 0 Å². The van der Waals surface area contributed by atoms with Gasteiger partial charge in [-0.15, -0.1) is 22.7 Å². The van der Waals surface area contributed by atoms with Gasteiger partial charge >= 0.3 is 0 Å². The topological polar surface area (TPSA) is 70.2 Å². The van der Waals surface area contributed by atoms with Crippen molar-refractivity contribution in [2.45, 2.75) is 31.4 Å². The van der Waals surface area contributed by atoms with E-state index in [2.05, 4.69) is 20.5 Å². The number of nitrogens with zero attached hydrogens (tertiary/aromatic N) is 3. The molecule has 2 N–H and O–H groups in total. The minimum Gasteiger partial charge on any atom is -0.349 e. The summed E-state index contributed by atoms with van der Waals surface area (Å²) in [6, 6.07) is 0.839. The lowest BCUT2D eigenvalue weighted by Gasteiger charge is -2.46. The van der Waals surface area contributed by atoms with E-state index in [-0.39, 0.29) is 11.3 Å². The molecule has 3 aromatic rings. The van der Waals surface area contributed by atoms with Gasteiger partial charge in [-0.25, -0.2) is 18.7 Å². The lowest BCUT2D eigenvalue weighted by atomic mass is 9.93. The van der Waals surface area contributed by atoms with Crippen LogP contribution in [0.2, 0.25) is 0 Å². The number of thiophene rings is 2. The number of alkyl halides is 2. The summed E-state index contributed by atoms with van der Waals surface area (Å²) in [4.78, 5) is 24.9. The maximum absolute atomic E-state index is 13.1. The second kappa shape index (κ2) is 7.02. The van der Waals surface area contributed by atoms with Crippen LogP contribution in [-0.2, 0) is 0 Å². The molecule has 6 heterocycles. The van der Waals surface area contributed by atoms with Crippen molar-refractivity contribution in [2.75, 3.05) is 23.3 Å². The van der Waals surface area contributed by atoms with Crippen LogP contribution in [0.4, 0.5) is 20.3 Å². The summed E-state index contributed by atoms with van der Waals surface area (Å²) < 4.78 is 26.1. The van der Waals surface area contributed by atoms with Crippen molar-refractivity contribution in [3.05, 3.63) is 33.5 Å². The molecule has 3 aliphatic rings.